The van der Waals surface area contributed by atoms with E-state index in [0.717, 1.165) is 64.5 Å². The lowest BCUT2D eigenvalue weighted by Crippen LogP contribution is -2.41. The van der Waals surface area contributed by atoms with Crippen LogP contribution in [0.3, 0.4) is 0 Å². The van der Waals surface area contributed by atoms with Crippen LogP contribution < -0.4 is 16.0 Å². The monoisotopic (exact) mass is 360 g/mol. The molecule has 0 spiro atoms. The average Bonchev–Trinajstić information content (AvgIpc) is 2.70. The summed E-state index contributed by atoms with van der Waals surface area (Å²) in [5, 5.41) is 9.15. The summed E-state index contributed by atoms with van der Waals surface area (Å²) >= 11 is 0. The topological polar surface area (TPSA) is 82.7 Å². The van der Waals surface area contributed by atoms with Gasteiger partial charge in [0.05, 0.1) is 13.2 Å². The van der Waals surface area contributed by atoms with E-state index in [1.165, 1.54) is 0 Å². The molecule has 1 aromatic carbocycles. The molecular formula is C19H28N4O3. The fourth-order valence-electron chi connectivity index (χ4n) is 3.29. The number of amides is 2. The van der Waals surface area contributed by atoms with Crippen LogP contribution in [0.25, 0.3) is 0 Å². The van der Waals surface area contributed by atoms with Gasteiger partial charge in [0.2, 0.25) is 5.91 Å². The quantitative estimate of drug-likeness (QED) is 0.695. The fraction of sp³-hybridized carbons (Fsp3) is 0.579. The van der Waals surface area contributed by atoms with Gasteiger partial charge in [-0.15, -0.1) is 0 Å². The number of morpholine rings is 1. The molecule has 142 valence electrons. The van der Waals surface area contributed by atoms with Gasteiger partial charge in [0.1, 0.15) is 0 Å². The Morgan fingerprint density at radius 1 is 1.12 bits per heavy atom. The largest absolute Gasteiger partial charge is 0.379 e. The van der Waals surface area contributed by atoms with Crippen LogP contribution in [0.15, 0.2) is 24.3 Å². The van der Waals surface area contributed by atoms with E-state index in [-0.39, 0.29) is 17.7 Å². The number of carbonyl (C=O) groups excluding carboxylic acids is 2. The Labute approximate surface area is 154 Å². The molecule has 0 radical (unpaired) electrons. The maximum Gasteiger partial charge on any atom is 0.251 e. The van der Waals surface area contributed by atoms with Crippen molar-refractivity contribution in [1.82, 2.24) is 15.5 Å². The van der Waals surface area contributed by atoms with Crippen molar-refractivity contribution in [1.29, 1.82) is 0 Å². The average molecular weight is 360 g/mol. The van der Waals surface area contributed by atoms with Gasteiger partial charge in [0.15, 0.2) is 0 Å². The van der Waals surface area contributed by atoms with E-state index in [4.69, 9.17) is 4.74 Å². The van der Waals surface area contributed by atoms with Crippen LogP contribution in [0.2, 0.25) is 0 Å². The summed E-state index contributed by atoms with van der Waals surface area (Å²) in [6, 6.07) is 7.08. The summed E-state index contributed by atoms with van der Waals surface area (Å²) in [6.45, 7) is 6.59. The molecule has 0 atom stereocenters. The Morgan fingerprint density at radius 2 is 1.81 bits per heavy atom. The van der Waals surface area contributed by atoms with Crippen LogP contribution in [0.5, 0.6) is 0 Å². The molecular weight excluding hydrogens is 332 g/mol. The third-order valence-corrected chi connectivity index (χ3v) is 4.94. The molecule has 0 bridgehead atoms. The zero-order chi connectivity index (χ0) is 18.2. The highest BCUT2D eigenvalue weighted by Gasteiger charge is 2.20. The predicted octanol–water partition coefficient (Wildman–Crippen LogP) is 0.687. The summed E-state index contributed by atoms with van der Waals surface area (Å²) in [6.07, 6.45) is 1.74. The third kappa shape index (κ3) is 5.52. The second-order valence-electron chi connectivity index (χ2n) is 6.80. The van der Waals surface area contributed by atoms with E-state index in [1.807, 2.05) is 0 Å². The zero-order valence-electron chi connectivity index (χ0n) is 15.1. The van der Waals surface area contributed by atoms with Crippen molar-refractivity contribution in [3.8, 4) is 0 Å². The summed E-state index contributed by atoms with van der Waals surface area (Å²) < 4.78 is 5.31. The lowest BCUT2D eigenvalue weighted by molar-refractivity contribution is -0.120. The van der Waals surface area contributed by atoms with E-state index < -0.39 is 0 Å². The van der Waals surface area contributed by atoms with Crippen LogP contribution in [0.1, 0.15) is 23.2 Å². The van der Waals surface area contributed by atoms with Crippen molar-refractivity contribution in [2.24, 2.45) is 5.92 Å². The molecule has 0 aromatic heterocycles. The predicted molar refractivity (Wildman–Crippen MR) is 100 cm³/mol. The molecule has 2 aliphatic heterocycles. The van der Waals surface area contributed by atoms with Crippen molar-refractivity contribution < 1.29 is 14.3 Å². The van der Waals surface area contributed by atoms with Crippen molar-refractivity contribution in [2.75, 3.05) is 57.8 Å². The standard InChI is InChI=1S/C19H28N4O3/c24-18(21-9-10-23-11-13-26-14-12-23)15-1-3-17(4-2-15)22-19(25)16-5-7-20-8-6-16/h1-4,16,20H,5-14H2,(H,21,24)(H,22,25). The normalized spacial score (nSPS) is 19.1. The van der Waals surface area contributed by atoms with Gasteiger partial charge in [-0.3, -0.25) is 14.5 Å². The number of carbonyl (C=O) groups is 2. The maximum atomic E-state index is 12.2. The Kier molecular flexibility index (Phi) is 6.99. The SMILES string of the molecule is O=C(NCCN1CCOCC1)c1ccc(NC(=O)C2CCNCC2)cc1. The molecule has 0 unspecified atom stereocenters. The summed E-state index contributed by atoms with van der Waals surface area (Å²) in [7, 11) is 0. The van der Waals surface area contributed by atoms with Crippen molar-refractivity contribution in [3.63, 3.8) is 0 Å². The lowest BCUT2D eigenvalue weighted by Gasteiger charge is -2.26. The minimum atomic E-state index is -0.0884. The Bertz CT molecular complexity index is 593. The Morgan fingerprint density at radius 3 is 2.50 bits per heavy atom. The van der Waals surface area contributed by atoms with Gasteiger partial charge < -0.3 is 20.7 Å². The molecule has 1 aromatic rings. The third-order valence-electron chi connectivity index (χ3n) is 4.94. The second-order valence-corrected chi connectivity index (χ2v) is 6.80. The minimum Gasteiger partial charge on any atom is -0.379 e. The van der Waals surface area contributed by atoms with Crippen LogP contribution >= 0.6 is 0 Å². The van der Waals surface area contributed by atoms with Gasteiger partial charge in [-0.1, -0.05) is 0 Å². The maximum absolute atomic E-state index is 12.2. The Hall–Kier alpha value is -1.96. The summed E-state index contributed by atoms with van der Waals surface area (Å²) in [4.78, 5) is 26.7. The van der Waals surface area contributed by atoms with Crippen molar-refractivity contribution in [3.05, 3.63) is 29.8 Å². The van der Waals surface area contributed by atoms with Crippen LogP contribution in [0, 0.1) is 5.92 Å². The fourth-order valence-corrected chi connectivity index (χ4v) is 3.29. The first-order valence-corrected chi connectivity index (χ1v) is 9.42. The molecule has 2 aliphatic rings. The number of piperidine rings is 1. The number of rotatable bonds is 6. The van der Waals surface area contributed by atoms with E-state index in [1.54, 1.807) is 24.3 Å². The first kappa shape index (κ1) is 18.8. The van der Waals surface area contributed by atoms with Gasteiger partial charge in [0, 0.05) is 43.3 Å². The second kappa shape index (κ2) is 9.66. The highest BCUT2D eigenvalue weighted by Crippen LogP contribution is 2.16. The van der Waals surface area contributed by atoms with Crippen LogP contribution in [-0.4, -0.2) is 69.2 Å². The Balaban J connectivity index is 1.42. The van der Waals surface area contributed by atoms with E-state index >= 15 is 0 Å². The van der Waals surface area contributed by atoms with Crippen LogP contribution in [-0.2, 0) is 9.53 Å². The number of nitrogens with one attached hydrogen (secondary N) is 3. The number of benzene rings is 1. The molecule has 3 rings (SSSR count). The van der Waals surface area contributed by atoms with Crippen molar-refractivity contribution >= 4 is 17.5 Å². The first-order chi connectivity index (χ1) is 12.7. The summed E-state index contributed by atoms with van der Waals surface area (Å²) in [5.41, 5.74) is 1.34. The highest BCUT2D eigenvalue weighted by molar-refractivity contribution is 5.96. The molecule has 0 aliphatic carbocycles. The summed E-state index contributed by atoms with van der Waals surface area (Å²) in [5.74, 6) is 0.0446. The number of ether oxygens (including phenoxy) is 1. The van der Waals surface area contributed by atoms with Gasteiger partial charge in [-0.05, 0) is 50.2 Å². The molecule has 2 heterocycles. The van der Waals surface area contributed by atoms with Gasteiger partial charge >= 0.3 is 0 Å². The van der Waals surface area contributed by atoms with E-state index in [0.29, 0.717) is 12.1 Å². The highest BCUT2D eigenvalue weighted by atomic mass is 16.5. The molecule has 2 amide bonds. The first-order valence-electron chi connectivity index (χ1n) is 9.42. The molecule has 7 nitrogen and oxygen atoms in total. The smallest absolute Gasteiger partial charge is 0.251 e. The number of hydrogen-bond acceptors (Lipinski definition) is 5. The molecule has 0 saturated carbocycles. The minimum absolute atomic E-state index is 0.0641. The zero-order valence-corrected chi connectivity index (χ0v) is 15.1. The van der Waals surface area contributed by atoms with Gasteiger partial charge in [-0.2, -0.15) is 0 Å². The lowest BCUT2D eigenvalue weighted by atomic mass is 9.97. The molecule has 7 heteroatoms. The molecule has 3 N–H and O–H groups in total. The van der Waals surface area contributed by atoms with Gasteiger partial charge in [-0.25, -0.2) is 0 Å². The molecule has 26 heavy (non-hydrogen) atoms. The number of anilines is 1. The van der Waals surface area contributed by atoms with E-state index in [9.17, 15) is 9.59 Å². The molecule has 2 fully saturated rings. The van der Waals surface area contributed by atoms with E-state index in [2.05, 4.69) is 20.9 Å². The van der Waals surface area contributed by atoms with Crippen LogP contribution in [0.4, 0.5) is 5.69 Å². The number of hydrogen-bond donors (Lipinski definition) is 3. The van der Waals surface area contributed by atoms with Gasteiger partial charge in [0.25, 0.3) is 5.91 Å². The molecule has 2 saturated heterocycles. The van der Waals surface area contributed by atoms with Crippen molar-refractivity contribution in [2.45, 2.75) is 12.8 Å². The number of nitrogens with zero attached hydrogens (tertiary/aromatic N) is 1.